The fraction of sp³-hybridized carbons (Fsp3) is 0.0833. The van der Waals surface area contributed by atoms with Crippen LogP contribution in [0.4, 0.5) is 0 Å². The number of Topliss-reactive ketones (excluding diaryl/α,β-unsaturated/α-hetero) is 1. The maximum Gasteiger partial charge on any atom is 0.190 e. The molecule has 3 aliphatic rings. The third-order valence-corrected chi connectivity index (χ3v) is 2.65. The molecular weight excluding hydrogens is 160 g/mol. The minimum Gasteiger partial charge on any atom is -0.289 e. The molecule has 0 unspecified atom stereocenters. The van der Waals surface area contributed by atoms with E-state index in [2.05, 4.69) is 6.08 Å². The summed E-state index contributed by atoms with van der Waals surface area (Å²) in [6, 6.07) is 0. The highest BCUT2D eigenvalue weighted by Crippen LogP contribution is 2.34. The van der Waals surface area contributed by atoms with Crippen molar-refractivity contribution in [2.75, 3.05) is 0 Å². The first-order valence-electron chi connectivity index (χ1n) is 4.41. The molecule has 0 aliphatic heterocycles. The summed E-state index contributed by atoms with van der Waals surface area (Å²) in [6.07, 6.45) is 12.8. The number of rotatable bonds is 0. The first-order valence-corrected chi connectivity index (χ1v) is 4.41. The third-order valence-electron chi connectivity index (χ3n) is 2.65. The van der Waals surface area contributed by atoms with Gasteiger partial charge in [0.1, 0.15) is 0 Å². The van der Waals surface area contributed by atoms with Crippen LogP contribution in [0.15, 0.2) is 58.7 Å². The number of hydrogen-bond donors (Lipinski definition) is 0. The highest BCUT2D eigenvalue weighted by molar-refractivity contribution is 6.15. The molecule has 0 aromatic heterocycles. The zero-order chi connectivity index (χ0) is 8.84. The van der Waals surface area contributed by atoms with Crippen LogP contribution in [0.25, 0.3) is 0 Å². The van der Waals surface area contributed by atoms with Gasteiger partial charge in [-0.1, -0.05) is 30.4 Å². The minimum atomic E-state index is 0.211. The van der Waals surface area contributed by atoms with Crippen molar-refractivity contribution in [2.24, 2.45) is 0 Å². The van der Waals surface area contributed by atoms with Crippen molar-refractivity contribution in [3.8, 4) is 0 Å². The van der Waals surface area contributed by atoms with E-state index < -0.39 is 0 Å². The van der Waals surface area contributed by atoms with Crippen molar-refractivity contribution in [1.29, 1.82) is 0 Å². The van der Waals surface area contributed by atoms with Crippen molar-refractivity contribution in [3.05, 3.63) is 58.7 Å². The van der Waals surface area contributed by atoms with Crippen LogP contribution >= 0.6 is 0 Å². The molecular formula is C12H8O. The second-order valence-corrected chi connectivity index (χ2v) is 3.41. The lowest BCUT2D eigenvalue weighted by Crippen LogP contribution is -2.10. The maximum absolute atomic E-state index is 11.8. The SMILES string of the molecule is O=C1C2=CC=CC2=CC2=C1CC=C2. The van der Waals surface area contributed by atoms with Gasteiger partial charge in [0.2, 0.25) is 0 Å². The van der Waals surface area contributed by atoms with Gasteiger partial charge in [0.15, 0.2) is 5.78 Å². The molecule has 0 spiro atoms. The normalized spacial score (nSPS) is 23.2. The molecule has 0 N–H and O–H groups in total. The molecule has 1 nitrogen and oxygen atoms in total. The average molecular weight is 168 g/mol. The molecule has 0 radical (unpaired) electrons. The van der Waals surface area contributed by atoms with Crippen LogP contribution in [0.1, 0.15) is 6.42 Å². The number of hydrogen-bond acceptors (Lipinski definition) is 1. The molecule has 3 rings (SSSR count). The summed E-state index contributed by atoms with van der Waals surface area (Å²) in [6.45, 7) is 0. The van der Waals surface area contributed by atoms with Gasteiger partial charge in [0.25, 0.3) is 0 Å². The fourth-order valence-corrected chi connectivity index (χ4v) is 1.98. The molecule has 3 aliphatic carbocycles. The Labute approximate surface area is 76.4 Å². The number of fused-ring (bicyclic) bond motifs is 1. The van der Waals surface area contributed by atoms with Crippen molar-refractivity contribution in [2.45, 2.75) is 6.42 Å². The van der Waals surface area contributed by atoms with Crippen LogP contribution in [0, 0.1) is 0 Å². The largest absolute Gasteiger partial charge is 0.289 e. The molecule has 0 fully saturated rings. The highest BCUT2D eigenvalue weighted by atomic mass is 16.1. The number of carbonyl (C=O) groups is 1. The van der Waals surface area contributed by atoms with E-state index in [1.165, 1.54) is 0 Å². The molecule has 0 saturated carbocycles. The van der Waals surface area contributed by atoms with Gasteiger partial charge < -0.3 is 0 Å². The van der Waals surface area contributed by atoms with E-state index >= 15 is 0 Å². The summed E-state index contributed by atoms with van der Waals surface area (Å²) in [5, 5.41) is 0. The maximum atomic E-state index is 11.8. The summed E-state index contributed by atoms with van der Waals surface area (Å²) >= 11 is 0. The molecule has 0 aromatic rings. The summed E-state index contributed by atoms with van der Waals surface area (Å²) in [5.74, 6) is 0.211. The van der Waals surface area contributed by atoms with E-state index in [0.717, 1.165) is 28.7 Å². The van der Waals surface area contributed by atoms with Crippen molar-refractivity contribution < 1.29 is 4.79 Å². The molecule has 0 heterocycles. The number of ketones is 1. The van der Waals surface area contributed by atoms with Gasteiger partial charge in [-0.15, -0.1) is 0 Å². The van der Waals surface area contributed by atoms with Gasteiger partial charge in [0.05, 0.1) is 0 Å². The van der Waals surface area contributed by atoms with Gasteiger partial charge in [0, 0.05) is 11.1 Å². The zero-order valence-electron chi connectivity index (χ0n) is 7.08. The van der Waals surface area contributed by atoms with Crippen molar-refractivity contribution >= 4 is 5.78 Å². The fourth-order valence-electron chi connectivity index (χ4n) is 1.98. The van der Waals surface area contributed by atoms with Crippen LogP contribution in [0.2, 0.25) is 0 Å². The van der Waals surface area contributed by atoms with E-state index in [4.69, 9.17) is 0 Å². The van der Waals surface area contributed by atoms with E-state index in [-0.39, 0.29) is 5.78 Å². The van der Waals surface area contributed by atoms with Crippen molar-refractivity contribution in [1.82, 2.24) is 0 Å². The van der Waals surface area contributed by atoms with Crippen LogP contribution < -0.4 is 0 Å². The molecule has 0 amide bonds. The molecule has 0 atom stereocenters. The van der Waals surface area contributed by atoms with Crippen LogP contribution in [-0.2, 0) is 4.79 Å². The number of allylic oxidation sites excluding steroid dienone is 10. The van der Waals surface area contributed by atoms with Gasteiger partial charge in [-0.3, -0.25) is 4.79 Å². The predicted molar refractivity (Wildman–Crippen MR) is 51.1 cm³/mol. The van der Waals surface area contributed by atoms with E-state index in [1.54, 1.807) is 0 Å². The van der Waals surface area contributed by atoms with E-state index in [0.29, 0.717) is 0 Å². The summed E-state index contributed by atoms with van der Waals surface area (Å²) in [4.78, 5) is 11.8. The zero-order valence-corrected chi connectivity index (χ0v) is 7.08. The Morgan fingerprint density at radius 2 is 2.15 bits per heavy atom. The summed E-state index contributed by atoms with van der Waals surface area (Å²) in [5.41, 5.74) is 3.99. The predicted octanol–water partition coefficient (Wildman–Crippen LogP) is 2.25. The Morgan fingerprint density at radius 3 is 3.08 bits per heavy atom. The Bertz CT molecular complexity index is 454. The first-order chi connectivity index (χ1) is 6.36. The Balaban J connectivity index is 2.22. The first kappa shape index (κ1) is 6.84. The van der Waals surface area contributed by atoms with Gasteiger partial charge in [-0.05, 0) is 23.6 Å². The topological polar surface area (TPSA) is 17.1 Å². The Hall–Kier alpha value is -1.63. The molecule has 0 bridgehead atoms. The van der Waals surface area contributed by atoms with E-state index in [1.807, 2.05) is 30.4 Å². The Morgan fingerprint density at radius 1 is 1.23 bits per heavy atom. The molecule has 0 saturated heterocycles. The molecule has 62 valence electrons. The van der Waals surface area contributed by atoms with Crippen LogP contribution in [0.5, 0.6) is 0 Å². The van der Waals surface area contributed by atoms with E-state index in [9.17, 15) is 4.79 Å². The van der Waals surface area contributed by atoms with Gasteiger partial charge >= 0.3 is 0 Å². The van der Waals surface area contributed by atoms with Gasteiger partial charge in [-0.25, -0.2) is 0 Å². The smallest absolute Gasteiger partial charge is 0.190 e. The quantitative estimate of drug-likeness (QED) is 0.542. The highest BCUT2D eigenvalue weighted by Gasteiger charge is 2.26. The molecule has 0 aromatic carbocycles. The minimum absolute atomic E-state index is 0.211. The number of carbonyl (C=O) groups excluding carboxylic acids is 1. The lowest BCUT2D eigenvalue weighted by atomic mass is 9.90. The average Bonchev–Trinajstić information content (AvgIpc) is 2.71. The standard InChI is InChI=1S/C12H8O/c13-12-10-5-1-3-8(10)7-9-4-2-6-11(9)12/h1-5,7H,6H2. The molecule has 13 heavy (non-hydrogen) atoms. The van der Waals surface area contributed by atoms with Gasteiger partial charge in [-0.2, -0.15) is 0 Å². The molecule has 1 heteroatoms. The lowest BCUT2D eigenvalue weighted by molar-refractivity contribution is -0.112. The second kappa shape index (κ2) is 2.19. The monoisotopic (exact) mass is 168 g/mol. The summed E-state index contributed by atoms with van der Waals surface area (Å²) < 4.78 is 0. The third kappa shape index (κ3) is 0.788. The Kier molecular flexibility index (Phi) is 1.15. The summed E-state index contributed by atoms with van der Waals surface area (Å²) in [7, 11) is 0. The van der Waals surface area contributed by atoms with Crippen molar-refractivity contribution in [3.63, 3.8) is 0 Å². The lowest BCUT2D eigenvalue weighted by Gasteiger charge is -2.12. The van der Waals surface area contributed by atoms with Crippen LogP contribution in [-0.4, -0.2) is 5.78 Å². The van der Waals surface area contributed by atoms with Crippen LogP contribution in [0.3, 0.4) is 0 Å². The second-order valence-electron chi connectivity index (χ2n) is 3.41.